The number of aromatic carboxylic acids is 1. The third kappa shape index (κ3) is 3.81. The lowest BCUT2D eigenvalue weighted by atomic mass is 9.97. The largest absolute Gasteiger partial charge is 0.478 e. The standard InChI is InChI=1S/C14H15FN2O3S/c1-14(2,3)13-16-11(17-20-13)7-21-8-4-5-10(15)9(6-8)12(18)19/h4-6H,7H2,1-3H3,(H,18,19). The summed E-state index contributed by atoms with van der Waals surface area (Å²) in [5, 5.41) is 12.8. The summed E-state index contributed by atoms with van der Waals surface area (Å²) in [4.78, 5) is 15.8. The fourth-order valence-corrected chi connectivity index (χ4v) is 2.30. The lowest BCUT2D eigenvalue weighted by molar-refractivity contribution is 0.0691. The van der Waals surface area contributed by atoms with Crippen molar-refractivity contribution < 1.29 is 18.8 Å². The fraction of sp³-hybridized carbons (Fsp3) is 0.357. The molecule has 0 bridgehead atoms. The maximum Gasteiger partial charge on any atom is 0.338 e. The third-order valence-electron chi connectivity index (χ3n) is 2.65. The number of carboxylic acid groups (broad SMARTS) is 1. The molecule has 0 amide bonds. The summed E-state index contributed by atoms with van der Waals surface area (Å²) in [6.45, 7) is 5.91. The second-order valence-electron chi connectivity index (χ2n) is 5.50. The van der Waals surface area contributed by atoms with E-state index in [1.54, 1.807) is 0 Å². The molecule has 0 spiro atoms. The van der Waals surface area contributed by atoms with Crippen LogP contribution in [0.4, 0.5) is 4.39 Å². The van der Waals surface area contributed by atoms with E-state index < -0.39 is 11.8 Å². The molecule has 1 heterocycles. The Morgan fingerprint density at radius 2 is 2.14 bits per heavy atom. The molecule has 5 nitrogen and oxygen atoms in total. The van der Waals surface area contributed by atoms with Crippen LogP contribution in [0.25, 0.3) is 0 Å². The molecule has 7 heteroatoms. The number of carboxylic acids is 1. The maximum atomic E-state index is 13.3. The molecule has 1 aromatic heterocycles. The molecule has 1 aromatic carbocycles. The van der Waals surface area contributed by atoms with Crippen LogP contribution in [0.5, 0.6) is 0 Å². The Kier molecular flexibility index (Phi) is 4.32. The number of hydrogen-bond donors (Lipinski definition) is 1. The number of rotatable bonds is 4. The molecular weight excluding hydrogens is 295 g/mol. The van der Waals surface area contributed by atoms with Crippen molar-refractivity contribution >= 4 is 17.7 Å². The topological polar surface area (TPSA) is 76.2 Å². The first-order valence-electron chi connectivity index (χ1n) is 6.26. The predicted molar refractivity (Wildman–Crippen MR) is 75.9 cm³/mol. The fourth-order valence-electron chi connectivity index (χ4n) is 1.52. The zero-order chi connectivity index (χ0) is 15.6. The summed E-state index contributed by atoms with van der Waals surface area (Å²) in [5.41, 5.74) is -0.564. The average molecular weight is 310 g/mol. The van der Waals surface area contributed by atoms with Crippen molar-refractivity contribution in [3.63, 3.8) is 0 Å². The van der Waals surface area contributed by atoms with Gasteiger partial charge in [-0.25, -0.2) is 9.18 Å². The Hall–Kier alpha value is -1.89. The molecule has 0 unspecified atom stereocenters. The lowest BCUT2D eigenvalue weighted by Gasteiger charge is -2.10. The van der Waals surface area contributed by atoms with Gasteiger partial charge in [0.2, 0.25) is 5.89 Å². The van der Waals surface area contributed by atoms with Crippen LogP contribution in [0, 0.1) is 5.82 Å². The lowest BCUT2D eigenvalue weighted by Crippen LogP contribution is -2.11. The molecule has 2 rings (SSSR count). The summed E-state index contributed by atoms with van der Waals surface area (Å²) in [7, 11) is 0. The minimum atomic E-state index is -1.29. The zero-order valence-corrected chi connectivity index (χ0v) is 12.7. The van der Waals surface area contributed by atoms with Gasteiger partial charge in [0.25, 0.3) is 0 Å². The van der Waals surface area contributed by atoms with Gasteiger partial charge in [0.15, 0.2) is 5.82 Å². The van der Waals surface area contributed by atoms with Crippen LogP contribution in [-0.4, -0.2) is 21.2 Å². The molecule has 21 heavy (non-hydrogen) atoms. The van der Waals surface area contributed by atoms with Gasteiger partial charge in [-0.1, -0.05) is 25.9 Å². The first kappa shape index (κ1) is 15.5. The number of carbonyl (C=O) groups is 1. The van der Waals surface area contributed by atoms with Crippen LogP contribution in [0.3, 0.4) is 0 Å². The predicted octanol–water partition coefficient (Wildman–Crippen LogP) is 3.50. The molecule has 0 aliphatic rings. The summed E-state index contributed by atoms with van der Waals surface area (Å²) in [6, 6.07) is 3.97. The van der Waals surface area contributed by atoms with E-state index in [9.17, 15) is 9.18 Å². The Balaban J connectivity index is 2.08. The molecule has 0 atom stereocenters. The highest BCUT2D eigenvalue weighted by atomic mass is 32.2. The molecule has 112 valence electrons. The SMILES string of the molecule is CC(C)(C)c1nc(CSc2ccc(F)c(C(=O)O)c2)no1. The van der Waals surface area contributed by atoms with Crippen molar-refractivity contribution in [3.05, 3.63) is 41.3 Å². The van der Waals surface area contributed by atoms with Crippen molar-refractivity contribution in [2.24, 2.45) is 0 Å². The summed E-state index contributed by atoms with van der Waals surface area (Å²) in [5.74, 6) is -0.551. The van der Waals surface area contributed by atoms with Gasteiger partial charge in [0.1, 0.15) is 5.82 Å². The quantitative estimate of drug-likeness (QED) is 0.871. The minimum absolute atomic E-state index is 0.220. The minimum Gasteiger partial charge on any atom is -0.478 e. The van der Waals surface area contributed by atoms with E-state index in [1.807, 2.05) is 20.8 Å². The molecule has 0 radical (unpaired) electrons. The summed E-state index contributed by atoms with van der Waals surface area (Å²) < 4.78 is 18.5. The zero-order valence-electron chi connectivity index (χ0n) is 11.9. The van der Waals surface area contributed by atoms with E-state index in [1.165, 1.54) is 23.9 Å². The number of thioether (sulfide) groups is 1. The van der Waals surface area contributed by atoms with E-state index in [2.05, 4.69) is 10.1 Å². The molecule has 0 saturated heterocycles. The summed E-state index contributed by atoms with van der Waals surface area (Å²) in [6.07, 6.45) is 0. The highest BCUT2D eigenvalue weighted by molar-refractivity contribution is 7.98. The van der Waals surface area contributed by atoms with Gasteiger partial charge in [0.05, 0.1) is 11.3 Å². The monoisotopic (exact) mass is 310 g/mol. The van der Waals surface area contributed by atoms with Gasteiger partial charge in [-0.15, -0.1) is 11.8 Å². The van der Waals surface area contributed by atoms with E-state index in [4.69, 9.17) is 9.63 Å². The molecule has 0 saturated carbocycles. The van der Waals surface area contributed by atoms with Gasteiger partial charge in [-0.3, -0.25) is 0 Å². The van der Waals surface area contributed by atoms with Gasteiger partial charge in [-0.2, -0.15) is 4.98 Å². The van der Waals surface area contributed by atoms with Crippen LogP contribution >= 0.6 is 11.8 Å². The summed E-state index contributed by atoms with van der Waals surface area (Å²) >= 11 is 1.32. The third-order valence-corrected chi connectivity index (χ3v) is 3.64. The highest BCUT2D eigenvalue weighted by Crippen LogP contribution is 2.25. The Morgan fingerprint density at radius 3 is 2.71 bits per heavy atom. The average Bonchev–Trinajstić information content (AvgIpc) is 2.86. The Labute approximate surface area is 125 Å². The number of benzene rings is 1. The van der Waals surface area contributed by atoms with Crippen molar-refractivity contribution in [2.45, 2.75) is 36.8 Å². The van der Waals surface area contributed by atoms with Gasteiger partial charge in [0, 0.05) is 10.3 Å². The highest BCUT2D eigenvalue weighted by Gasteiger charge is 2.21. The molecule has 0 aliphatic carbocycles. The van der Waals surface area contributed by atoms with Crippen LogP contribution in [0.2, 0.25) is 0 Å². The molecule has 0 fully saturated rings. The van der Waals surface area contributed by atoms with Crippen LogP contribution in [0.15, 0.2) is 27.6 Å². The number of hydrogen-bond acceptors (Lipinski definition) is 5. The van der Waals surface area contributed by atoms with Crippen LogP contribution in [0.1, 0.15) is 42.8 Å². The number of aromatic nitrogens is 2. The van der Waals surface area contributed by atoms with Gasteiger partial charge in [-0.05, 0) is 18.2 Å². The molecule has 1 N–H and O–H groups in total. The van der Waals surface area contributed by atoms with Crippen molar-refractivity contribution in [3.8, 4) is 0 Å². The van der Waals surface area contributed by atoms with Crippen LogP contribution < -0.4 is 0 Å². The van der Waals surface area contributed by atoms with E-state index in [-0.39, 0.29) is 11.0 Å². The maximum absolute atomic E-state index is 13.3. The molecule has 2 aromatic rings. The van der Waals surface area contributed by atoms with Gasteiger partial charge >= 0.3 is 5.97 Å². The number of nitrogens with zero attached hydrogens (tertiary/aromatic N) is 2. The molecular formula is C14H15FN2O3S. The first-order chi connectivity index (χ1) is 9.77. The Bertz CT molecular complexity index is 664. The first-order valence-corrected chi connectivity index (χ1v) is 7.24. The van der Waals surface area contributed by atoms with Crippen molar-refractivity contribution in [1.29, 1.82) is 0 Å². The smallest absolute Gasteiger partial charge is 0.338 e. The normalized spacial score (nSPS) is 11.6. The van der Waals surface area contributed by atoms with E-state index in [0.717, 1.165) is 6.07 Å². The van der Waals surface area contributed by atoms with E-state index in [0.29, 0.717) is 22.4 Å². The van der Waals surface area contributed by atoms with Crippen molar-refractivity contribution in [1.82, 2.24) is 10.1 Å². The van der Waals surface area contributed by atoms with Gasteiger partial charge < -0.3 is 9.63 Å². The second-order valence-corrected chi connectivity index (χ2v) is 6.55. The number of halogens is 1. The molecule has 0 aliphatic heterocycles. The van der Waals surface area contributed by atoms with Crippen LogP contribution in [-0.2, 0) is 11.2 Å². The van der Waals surface area contributed by atoms with E-state index >= 15 is 0 Å². The van der Waals surface area contributed by atoms with Crippen molar-refractivity contribution in [2.75, 3.05) is 0 Å². The second kappa shape index (κ2) is 5.85. The Morgan fingerprint density at radius 1 is 1.43 bits per heavy atom.